The maximum Gasteiger partial charge on any atom is 0.257 e. The second-order valence-electron chi connectivity index (χ2n) is 8.80. The van der Waals surface area contributed by atoms with Gasteiger partial charge in [-0.3, -0.25) is 25.1 Å². The number of halogens is 1. The van der Waals surface area contributed by atoms with Gasteiger partial charge in [-0.05, 0) is 43.0 Å². The highest BCUT2D eigenvalue weighted by Crippen LogP contribution is 2.23. The average molecular weight is 550 g/mol. The molecule has 37 heavy (non-hydrogen) atoms. The topological polar surface area (TPSA) is 163 Å². The standard InChI is InChI=1S/C25H31N5O5S.ClH/c1-3-16(2)21(29-36(34,35)19-8-5-4-6-9-19)25(33)30-15-7-10-20(30)24(32)28-23(31)18-13-11-17(12-14-18)22(26)27;/h4-6,8-9,11-14,16,20-21,29H,3,7,10,15H2,1-2H3,(H3,26,27)(H,28,31,32);1H/t16-,20+,21-;/m1./s1. The molecule has 3 amide bonds. The van der Waals surface area contributed by atoms with Crippen molar-refractivity contribution in [2.75, 3.05) is 6.54 Å². The molecule has 0 radical (unpaired) electrons. The summed E-state index contributed by atoms with van der Waals surface area (Å²) >= 11 is 0. The summed E-state index contributed by atoms with van der Waals surface area (Å²) in [6.07, 6.45) is 1.43. The van der Waals surface area contributed by atoms with E-state index in [9.17, 15) is 22.8 Å². The van der Waals surface area contributed by atoms with Crippen LogP contribution in [0.1, 0.15) is 49.0 Å². The van der Waals surface area contributed by atoms with Crippen LogP contribution in [0, 0.1) is 11.3 Å². The van der Waals surface area contributed by atoms with Crippen LogP contribution < -0.4 is 15.8 Å². The molecule has 12 heteroatoms. The van der Waals surface area contributed by atoms with Gasteiger partial charge in [-0.15, -0.1) is 12.4 Å². The summed E-state index contributed by atoms with van der Waals surface area (Å²) in [5.41, 5.74) is 6.07. The monoisotopic (exact) mass is 549 g/mol. The molecule has 1 aliphatic heterocycles. The van der Waals surface area contributed by atoms with E-state index in [1.165, 1.54) is 41.3 Å². The summed E-state index contributed by atoms with van der Waals surface area (Å²) in [6.45, 7) is 3.90. The highest BCUT2D eigenvalue weighted by atomic mass is 35.5. The number of hydrogen-bond acceptors (Lipinski definition) is 6. The Morgan fingerprint density at radius 1 is 1.08 bits per heavy atom. The van der Waals surface area contributed by atoms with Crippen LogP contribution in [0.5, 0.6) is 0 Å². The van der Waals surface area contributed by atoms with Gasteiger partial charge in [-0.2, -0.15) is 4.72 Å². The lowest BCUT2D eigenvalue weighted by molar-refractivity contribution is -0.140. The molecule has 5 N–H and O–H groups in total. The van der Waals surface area contributed by atoms with Crippen molar-refractivity contribution in [2.45, 2.75) is 50.1 Å². The lowest BCUT2D eigenvalue weighted by atomic mass is 9.98. The molecule has 3 atom stereocenters. The normalized spacial score (nSPS) is 16.8. The third kappa shape index (κ3) is 7.15. The van der Waals surface area contributed by atoms with Gasteiger partial charge < -0.3 is 10.6 Å². The van der Waals surface area contributed by atoms with Gasteiger partial charge >= 0.3 is 0 Å². The number of rotatable bonds is 9. The molecule has 10 nitrogen and oxygen atoms in total. The van der Waals surface area contributed by atoms with E-state index >= 15 is 0 Å². The Labute approximate surface area is 223 Å². The molecule has 1 fully saturated rings. The smallest absolute Gasteiger partial charge is 0.257 e. The number of benzene rings is 2. The number of nitrogens with two attached hydrogens (primary N) is 1. The first-order valence-corrected chi connectivity index (χ1v) is 13.2. The van der Waals surface area contributed by atoms with Crippen LogP contribution in [0.2, 0.25) is 0 Å². The van der Waals surface area contributed by atoms with Crippen molar-refractivity contribution < 1.29 is 22.8 Å². The lowest BCUT2D eigenvalue weighted by Gasteiger charge is -2.31. The van der Waals surface area contributed by atoms with E-state index < -0.39 is 39.8 Å². The predicted molar refractivity (Wildman–Crippen MR) is 142 cm³/mol. The Kier molecular flexibility index (Phi) is 10.4. The Bertz CT molecular complexity index is 1240. The molecule has 0 aliphatic carbocycles. The van der Waals surface area contributed by atoms with Crippen LogP contribution in [0.15, 0.2) is 59.5 Å². The van der Waals surface area contributed by atoms with Crippen molar-refractivity contribution in [1.82, 2.24) is 14.9 Å². The summed E-state index contributed by atoms with van der Waals surface area (Å²) < 4.78 is 28.4. The molecular weight excluding hydrogens is 518 g/mol. The first kappa shape index (κ1) is 29.9. The van der Waals surface area contributed by atoms with Gasteiger partial charge in [0.05, 0.1) is 4.90 Å². The second-order valence-corrected chi connectivity index (χ2v) is 10.5. The van der Waals surface area contributed by atoms with E-state index in [-0.39, 0.29) is 41.2 Å². The molecular formula is C25H32ClN5O5S. The van der Waals surface area contributed by atoms with E-state index in [1.54, 1.807) is 25.1 Å². The molecule has 0 saturated carbocycles. The van der Waals surface area contributed by atoms with E-state index in [4.69, 9.17) is 11.1 Å². The maximum atomic E-state index is 13.5. The quantitative estimate of drug-likeness (QED) is 0.212. The van der Waals surface area contributed by atoms with Crippen LogP contribution in [0.25, 0.3) is 0 Å². The van der Waals surface area contributed by atoms with E-state index in [2.05, 4.69) is 10.0 Å². The predicted octanol–water partition coefficient (Wildman–Crippen LogP) is 2.03. The fraction of sp³-hybridized carbons (Fsp3) is 0.360. The number of carbonyl (C=O) groups is 3. The van der Waals surface area contributed by atoms with Gasteiger partial charge in [-0.25, -0.2) is 8.42 Å². The Balaban J connectivity index is 0.00000481. The van der Waals surface area contributed by atoms with Gasteiger partial charge in [-0.1, -0.05) is 50.6 Å². The van der Waals surface area contributed by atoms with Gasteiger partial charge in [0.2, 0.25) is 21.8 Å². The Hall–Kier alpha value is -3.28. The number of carbonyl (C=O) groups excluding carboxylic acids is 3. The highest BCUT2D eigenvalue weighted by Gasteiger charge is 2.40. The molecule has 1 heterocycles. The maximum absolute atomic E-state index is 13.5. The number of sulfonamides is 1. The fourth-order valence-electron chi connectivity index (χ4n) is 4.03. The largest absolute Gasteiger partial charge is 0.384 e. The molecule has 0 bridgehead atoms. The zero-order valence-corrected chi connectivity index (χ0v) is 22.3. The van der Waals surface area contributed by atoms with E-state index in [1.807, 2.05) is 6.92 Å². The van der Waals surface area contributed by atoms with Crippen molar-refractivity contribution in [3.8, 4) is 0 Å². The number of nitrogen functional groups attached to an aromatic ring is 1. The summed E-state index contributed by atoms with van der Waals surface area (Å²) in [7, 11) is -3.97. The Morgan fingerprint density at radius 3 is 2.24 bits per heavy atom. The summed E-state index contributed by atoms with van der Waals surface area (Å²) in [5, 5.41) is 9.76. The van der Waals surface area contributed by atoms with Crippen molar-refractivity contribution >= 4 is 46.0 Å². The van der Waals surface area contributed by atoms with Crippen LogP contribution in [-0.4, -0.2) is 55.5 Å². The van der Waals surface area contributed by atoms with Crippen molar-refractivity contribution in [3.05, 3.63) is 65.7 Å². The number of hydrogen-bond donors (Lipinski definition) is 4. The van der Waals surface area contributed by atoms with Crippen LogP contribution >= 0.6 is 12.4 Å². The summed E-state index contributed by atoms with van der Waals surface area (Å²) in [5.74, 6) is -2.24. The molecule has 0 aromatic heterocycles. The van der Waals surface area contributed by atoms with Crippen LogP contribution in [0.4, 0.5) is 0 Å². The molecule has 0 spiro atoms. The van der Waals surface area contributed by atoms with Crippen molar-refractivity contribution in [3.63, 3.8) is 0 Å². The molecule has 2 aromatic carbocycles. The van der Waals surface area contributed by atoms with Gasteiger partial charge in [0.25, 0.3) is 5.91 Å². The Morgan fingerprint density at radius 2 is 1.68 bits per heavy atom. The number of nitrogens with zero attached hydrogens (tertiary/aromatic N) is 1. The third-order valence-corrected chi connectivity index (χ3v) is 7.81. The second kappa shape index (κ2) is 12.8. The first-order valence-electron chi connectivity index (χ1n) is 11.7. The minimum Gasteiger partial charge on any atom is -0.384 e. The summed E-state index contributed by atoms with van der Waals surface area (Å²) in [4.78, 5) is 40.5. The van der Waals surface area contributed by atoms with Gasteiger partial charge in [0.1, 0.15) is 17.9 Å². The van der Waals surface area contributed by atoms with Crippen molar-refractivity contribution in [2.24, 2.45) is 11.7 Å². The lowest BCUT2D eigenvalue weighted by Crippen LogP contribution is -2.55. The third-order valence-electron chi connectivity index (χ3n) is 6.35. The minimum atomic E-state index is -3.97. The van der Waals surface area contributed by atoms with Gasteiger partial charge in [0, 0.05) is 17.7 Å². The zero-order valence-electron chi connectivity index (χ0n) is 20.6. The minimum absolute atomic E-state index is 0. The van der Waals surface area contributed by atoms with Crippen LogP contribution in [0.3, 0.4) is 0 Å². The number of amides is 3. The number of likely N-dealkylation sites (tertiary alicyclic amines) is 1. The SMILES string of the molecule is CC[C@@H](C)[C@@H](NS(=O)(=O)c1ccccc1)C(=O)N1CCC[C@H]1C(=O)NC(=O)c1ccc(C(=N)N)cc1.Cl. The molecule has 0 unspecified atom stereocenters. The highest BCUT2D eigenvalue weighted by molar-refractivity contribution is 7.89. The van der Waals surface area contributed by atoms with Crippen LogP contribution in [-0.2, 0) is 19.6 Å². The zero-order chi connectivity index (χ0) is 26.5. The number of nitrogens with one attached hydrogen (secondary N) is 3. The van der Waals surface area contributed by atoms with E-state index in [0.29, 0.717) is 24.8 Å². The number of imide groups is 1. The molecule has 1 aliphatic rings. The van der Waals surface area contributed by atoms with Gasteiger partial charge in [0.15, 0.2) is 0 Å². The molecule has 2 aromatic rings. The average Bonchev–Trinajstić information content (AvgIpc) is 3.37. The van der Waals surface area contributed by atoms with Crippen molar-refractivity contribution in [1.29, 1.82) is 5.41 Å². The molecule has 200 valence electrons. The number of amidine groups is 1. The fourth-order valence-corrected chi connectivity index (χ4v) is 5.35. The molecule has 1 saturated heterocycles. The molecule has 3 rings (SSSR count). The van der Waals surface area contributed by atoms with E-state index in [0.717, 1.165) is 0 Å². The summed E-state index contributed by atoms with van der Waals surface area (Å²) in [6, 6.07) is 11.7. The first-order chi connectivity index (χ1) is 17.0.